The third-order valence-electron chi connectivity index (χ3n) is 2.59. The Hall–Kier alpha value is -1.59. The van der Waals surface area contributed by atoms with Crippen LogP contribution in [-0.4, -0.2) is 26.2 Å². The Morgan fingerprint density at radius 3 is 2.50 bits per heavy atom. The summed E-state index contributed by atoms with van der Waals surface area (Å²) in [5, 5.41) is 3.05. The van der Waals surface area contributed by atoms with Gasteiger partial charge in [0.25, 0.3) is 0 Å². The van der Waals surface area contributed by atoms with Crippen molar-refractivity contribution in [1.29, 1.82) is 0 Å². The number of hydrogen-bond donors (Lipinski definition) is 3. The van der Waals surface area contributed by atoms with E-state index in [1.54, 1.807) is 7.11 Å². The van der Waals surface area contributed by atoms with Gasteiger partial charge in [0.05, 0.1) is 13.2 Å². The minimum Gasteiger partial charge on any atom is -0.383 e. The number of hydrogen-bond acceptors (Lipinski definition) is 3. The molecule has 0 saturated heterocycles. The third kappa shape index (κ3) is 5.16. The van der Waals surface area contributed by atoms with E-state index in [0.717, 1.165) is 12.0 Å². The van der Waals surface area contributed by atoms with Crippen molar-refractivity contribution in [3.8, 4) is 0 Å². The van der Waals surface area contributed by atoms with Crippen molar-refractivity contribution in [1.82, 2.24) is 10.7 Å². The Bertz CT molecular complexity index is 362. The van der Waals surface area contributed by atoms with E-state index < -0.39 is 0 Å². The Balaban J connectivity index is 2.48. The van der Waals surface area contributed by atoms with Gasteiger partial charge in [0.15, 0.2) is 0 Å². The van der Waals surface area contributed by atoms with Crippen LogP contribution in [0.15, 0.2) is 29.3 Å². The molecule has 0 amide bonds. The van der Waals surface area contributed by atoms with Gasteiger partial charge in [-0.15, -0.1) is 0 Å². The van der Waals surface area contributed by atoms with Gasteiger partial charge < -0.3 is 10.1 Å². The minimum absolute atomic E-state index is 0.576. The van der Waals surface area contributed by atoms with E-state index in [1.165, 1.54) is 5.56 Å². The molecule has 4 N–H and O–H groups in total. The van der Waals surface area contributed by atoms with Crippen molar-refractivity contribution in [3.05, 3.63) is 35.4 Å². The first-order chi connectivity index (χ1) is 8.80. The molecule has 0 fully saturated rings. The molecule has 0 saturated carbocycles. The normalized spacial score (nSPS) is 11.4. The second-order valence-electron chi connectivity index (χ2n) is 3.90. The fourth-order valence-electron chi connectivity index (χ4n) is 1.47. The van der Waals surface area contributed by atoms with E-state index in [1.807, 2.05) is 0 Å². The van der Waals surface area contributed by atoms with Gasteiger partial charge in [-0.2, -0.15) is 0 Å². The molecule has 1 aromatic rings. The maximum absolute atomic E-state index is 5.38. The average molecular weight is 250 g/mol. The summed E-state index contributed by atoms with van der Waals surface area (Å²) in [5.41, 5.74) is 5.03. The predicted molar refractivity (Wildman–Crippen MR) is 74.2 cm³/mol. The summed E-state index contributed by atoms with van der Waals surface area (Å²) in [5.74, 6) is 5.96. The highest BCUT2D eigenvalue weighted by molar-refractivity contribution is 5.79. The lowest BCUT2D eigenvalue weighted by atomic mass is 10.1. The number of rotatable bonds is 6. The standard InChI is InChI=1S/C13H22N4O/c1-3-11-4-6-12(7-5-11)10-16-13(17-14)15-8-9-18-2/h4-7H,3,8-10,14H2,1-2H3,(H2,15,16,17). The average Bonchev–Trinajstić information content (AvgIpc) is 2.43. The molecule has 100 valence electrons. The summed E-state index contributed by atoms with van der Waals surface area (Å²) in [7, 11) is 1.66. The molecule has 0 heterocycles. The monoisotopic (exact) mass is 250 g/mol. The maximum atomic E-state index is 5.38. The van der Waals surface area contributed by atoms with Crippen LogP contribution < -0.4 is 16.6 Å². The molecule has 0 unspecified atom stereocenters. The molecule has 18 heavy (non-hydrogen) atoms. The first-order valence-corrected chi connectivity index (χ1v) is 6.11. The summed E-state index contributed by atoms with van der Waals surface area (Å²) < 4.78 is 4.94. The van der Waals surface area contributed by atoms with Crippen LogP contribution in [0.25, 0.3) is 0 Å². The highest BCUT2D eigenvalue weighted by Gasteiger charge is 1.96. The zero-order chi connectivity index (χ0) is 13.2. The number of nitrogens with one attached hydrogen (secondary N) is 2. The van der Waals surface area contributed by atoms with Crippen molar-refractivity contribution >= 4 is 5.96 Å². The zero-order valence-corrected chi connectivity index (χ0v) is 11.1. The smallest absolute Gasteiger partial charge is 0.206 e. The number of aliphatic imine (C=N–C) groups is 1. The van der Waals surface area contributed by atoms with E-state index >= 15 is 0 Å². The lowest BCUT2D eigenvalue weighted by molar-refractivity contribution is 0.203. The molecule has 0 aromatic heterocycles. The Labute approximate surface area is 108 Å². The van der Waals surface area contributed by atoms with Gasteiger partial charge >= 0.3 is 0 Å². The van der Waals surface area contributed by atoms with Crippen LogP contribution in [0.4, 0.5) is 0 Å². The van der Waals surface area contributed by atoms with Crippen molar-refractivity contribution in [2.75, 3.05) is 20.3 Å². The third-order valence-corrected chi connectivity index (χ3v) is 2.59. The van der Waals surface area contributed by atoms with Gasteiger partial charge in [-0.25, -0.2) is 10.8 Å². The van der Waals surface area contributed by atoms with Crippen molar-refractivity contribution in [3.63, 3.8) is 0 Å². The fraction of sp³-hybridized carbons (Fsp3) is 0.462. The number of methoxy groups -OCH3 is 1. The Kier molecular flexibility index (Phi) is 6.83. The minimum atomic E-state index is 0.576. The second kappa shape index (κ2) is 8.49. The van der Waals surface area contributed by atoms with Gasteiger partial charge in [-0.1, -0.05) is 31.2 Å². The van der Waals surface area contributed by atoms with Crippen LogP contribution >= 0.6 is 0 Å². The summed E-state index contributed by atoms with van der Waals surface area (Å²) >= 11 is 0. The zero-order valence-electron chi connectivity index (χ0n) is 11.1. The highest BCUT2D eigenvalue weighted by Crippen LogP contribution is 2.05. The molecule has 1 rings (SSSR count). The molecular weight excluding hydrogens is 228 g/mol. The molecule has 0 radical (unpaired) electrons. The molecule has 5 heteroatoms. The molecule has 0 atom stereocenters. The quantitative estimate of drug-likeness (QED) is 0.230. The number of nitrogens with two attached hydrogens (primary N) is 1. The van der Waals surface area contributed by atoms with Crippen LogP contribution in [0.1, 0.15) is 18.1 Å². The van der Waals surface area contributed by atoms with Gasteiger partial charge in [0, 0.05) is 13.7 Å². The fourth-order valence-corrected chi connectivity index (χ4v) is 1.47. The number of nitrogens with zero attached hydrogens (tertiary/aromatic N) is 1. The molecule has 0 spiro atoms. The number of guanidine groups is 1. The van der Waals surface area contributed by atoms with E-state index in [4.69, 9.17) is 10.6 Å². The lowest BCUT2D eigenvalue weighted by Gasteiger charge is -2.08. The van der Waals surface area contributed by atoms with Crippen LogP contribution in [0.5, 0.6) is 0 Å². The first kappa shape index (κ1) is 14.5. The highest BCUT2D eigenvalue weighted by atomic mass is 16.5. The van der Waals surface area contributed by atoms with Crippen molar-refractivity contribution in [2.45, 2.75) is 19.9 Å². The van der Waals surface area contributed by atoms with Gasteiger partial charge in [-0.3, -0.25) is 5.43 Å². The molecule has 0 bridgehead atoms. The summed E-state index contributed by atoms with van der Waals surface area (Å²) in [4.78, 5) is 4.35. The second-order valence-corrected chi connectivity index (χ2v) is 3.90. The van der Waals surface area contributed by atoms with Gasteiger partial charge in [-0.05, 0) is 17.5 Å². The van der Waals surface area contributed by atoms with E-state index in [2.05, 4.69) is 46.9 Å². The van der Waals surface area contributed by atoms with Gasteiger partial charge in [0.2, 0.25) is 5.96 Å². The predicted octanol–water partition coefficient (Wildman–Crippen LogP) is 0.804. The summed E-state index contributed by atoms with van der Waals surface area (Å²) in [6.07, 6.45) is 1.05. The van der Waals surface area contributed by atoms with Gasteiger partial charge in [0.1, 0.15) is 0 Å². The van der Waals surface area contributed by atoms with E-state index in [-0.39, 0.29) is 0 Å². The largest absolute Gasteiger partial charge is 0.383 e. The molecule has 5 nitrogen and oxygen atoms in total. The molecule has 0 aliphatic rings. The molecule has 0 aliphatic carbocycles. The number of ether oxygens (including phenoxy) is 1. The lowest BCUT2D eigenvalue weighted by Crippen LogP contribution is -2.42. The number of benzene rings is 1. The Morgan fingerprint density at radius 1 is 1.28 bits per heavy atom. The van der Waals surface area contributed by atoms with Crippen LogP contribution in [0.3, 0.4) is 0 Å². The summed E-state index contributed by atoms with van der Waals surface area (Å²) in [6.45, 7) is 4.03. The van der Waals surface area contributed by atoms with E-state index in [9.17, 15) is 0 Å². The van der Waals surface area contributed by atoms with Crippen LogP contribution in [0.2, 0.25) is 0 Å². The Morgan fingerprint density at radius 2 is 1.94 bits per heavy atom. The SMILES string of the molecule is CCc1ccc(CN=C(NN)NCCOC)cc1. The molecule has 1 aromatic carbocycles. The maximum Gasteiger partial charge on any atom is 0.206 e. The van der Waals surface area contributed by atoms with Crippen LogP contribution in [0, 0.1) is 0 Å². The summed E-state index contributed by atoms with van der Waals surface area (Å²) in [6, 6.07) is 8.43. The number of hydrazine groups is 1. The molecular formula is C13H22N4O. The topological polar surface area (TPSA) is 71.7 Å². The van der Waals surface area contributed by atoms with Crippen molar-refractivity contribution in [2.24, 2.45) is 10.8 Å². The number of aryl methyl sites for hydroxylation is 1. The first-order valence-electron chi connectivity index (χ1n) is 6.11. The molecule has 0 aliphatic heterocycles. The van der Waals surface area contributed by atoms with E-state index in [0.29, 0.717) is 25.7 Å². The van der Waals surface area contributed by atoms with Crippen molar-refractivity contribution < 1.29 is 4.74 Å². The van der Waals surface area contributed by atoms with Crippen LogP contribution in [-0.2, 0) is 17.7 Å².